The fourth-order valence-corrected chi connectivity index (χ4v) is 2.43. The summed E-state index contributed by atoms with van der Waals surface area (Å²) in [5.74, 6) is 0. The maximum absolute atomic E-state index is 10.6. The second-order valence-electron chi connectivity index (χ2n) is 5.73. The first kappa shape index (κ1) is 15.3. The van der Waals surface area contributed by atoms with Gasteiger partial charge in [-0.3, -0.25) is 0 Å². The third-order valence-corrected chi connectivity index (χ3v) is 3.90. The lowest BCUT2D eigenvalue weighted by Crippen LogP contribution is -2.32. The minimum absolute atomic E-state index is 0.370. The normalized spacial score (nSPS) is 13.3. The standard InChI is InChI=1S/C19H23NO/c1-19(2,16-11-7-8-12-17(16)20-3)18(21)14-13-15-9-5-4-6-10-15/h4-14,18,20-21H,1-3H3/b14-13-. The van der Waals surface area contributed by atoms with E-state index in [1.54, 1.807) is 0 Å². The summed E-state index contributed by atoms with van der Waals surface area (Å²) in [7, 11) is 1.90. The van der Waals surface area contributed by atoms with Gasteiger partial charge in [0.15, 0.2) is 0 Å². The van der Waals surface area contributed by atoms with E-state index in [4.69, 9.17) is 0 Å². The number of hydrogen-bond donors (Lipinski definition) is 2. The Morgan fingerprint density at radius 3 is 2.29 bits per heavy atom. The minimum atomic E-state index is -0.563. The lowest BCUT2D eigenvalue weighted by Gasteiger charge is -2.31. The van der Waals surface area contributed by atoms with Crippen LogP contribution in [0.15, 0.2) is 60.7 Å². The summed E-state index contributed by atoms with van der Waals surface area (Å²) >= 11 is 0. The molecule has 0 bridgehead atoms. The van der Waals surface area contributed by atoms with Crippen molar-refractivity contribution in [2.24, 2.45) is 0 Å². The van der Waals surface area contributed by atoms with Crippen LogP contribution in [-0.2, 0) is 5.41 Å². The van der Waals surface area contributed by atoms with E-state index in [1.807, 2.05) is 67.7 Å². The van der Waals surface area contributed by atoms with Crippen molar-refractivity contribution in [2.45, 2.75) is 25.4 Å². The minimum Gasteiger partial charge on any atom is -0.388 e. The third kappa shape index (κ3) is 3.53. The number of para-hydroxylation sites is 1. The van der Waals surface area contributed by atoms with Crippen LogP contribution in [0.5, 0.6) is 0 Å². The van der Waals surface area contributed by atoms with Crippen molar-refractivity contribution in [2.75, 3.05) is 12.4 Å². The van der Waals surface area contributed by atoms with Crippen LogP contribution in [0.1, 0.15) is 25.0 Å². The van der Waals surface area contributed by atoms with Crippen LogP contribution in [0.2, 0.25) is 0 Å². The van der Waals surface area contributed by atoms with Crippen molar-refractivity contribution in [1.82, 2.24) is 0 Å². The van der Waals surface area contributed by atoms with Gasteiger partial charge in [0.2, 0.25) is 0 Å². The Morgan fingerprint density at radius 1 is 1.00 bits per heavy atom. The molecule has 0 spiro atoms. The Balaban J connectivity index is 2.24. The quantitative estimate of drug-likeness (QED) is 0.865. The van der Waals surface area contributed by atoms with Gasteiger partial charge in [-0.25, -0.2) is 0 Å². The fraction of sp³-hybridized carbons (Fsp3) is 0.263. The molecule has 2 N–H and O–H groups in total. The van der Waals surface area contributed by atoms with Gasteiger partial charge < -0.3 is 10.4 Å². The molecule has 2 aromatic carbocycles. The summed E-state index contributed by atoms with van der Waals surface area (Å²) in [5, 5.41) is 13.8. The largest absolute Gasteiger partial charge is 0.388 e. The molecule has 1 atom stereocenters. The zero-order chi connectivity index (χ0) is 15.3. The molecule has 110 valence electrons. The van der Waals surface area contributed by atoms with Gasteiger partial charge in [-0.2, -0.15) is 0 Å². The first-order valence-electron chi connectivity index (χ1n) is 7.24. The van der Waals surface area contributed by atoms with Gasteiger partial charge in [0.25, 0.3) is 0 Å². The average molecular weight is 281 g/mol. The third-order valence-electron chi connectivity index (χ3n) is 3.90. The summed E-state index contributed by atoms with van der Waals surface area (Å²) in [5.41, 5.74) is 2.88. The van der Waals surface area contributed by atoms with Gasteiger partial charge in [0, 0.05) is 18.2 Å². The number of aliphatic hydroxyl groups excluding tert-OH is 1. The second-order valence-corrected chi connectivity index (χ2v) is 5.73. The van der Waals surface area contributed by atoms with Gasteiger partial charge in [-0.15, -0.1) is 0 Å². The molecule has 0 aliphatic rings. The van der Waals surface area contributed by atoms with E-state index in [9.17, 15) is 5.11 Å². The van der Waals surface area contributed by atoms with Crippen LogP contribution in [0.3, 0.4) is 0 Å². The summed E-state index contributed by atoms with van der Waals surface area (Å²) in [4.78, 5) is 0. The molecule has 2 heteroatoms. The summed E-state index contributed by atoms with van der Waals surface area (Å²) < 4.78 is 0. The van der Waals surface area contributed by atoms with Crippen molar-refractivity contribution >= 4 is 11.8 Å². The van der Waals surface area contributed by atoms with Crippen molar-refractivity contribution in [3.05, 3.63) is 71.8 Å². The Bertz CT molecular complexity index is 602. The molecule has 21 heavy (non-hydrogen) atoms. The maximum atomic E-state index is 10.6. The Kier molecular flexibility index (Phi) is 4.81. The molecule has 0 radical (unpaired) electrons. The van der Waals surface area contributed by atoms with Crippen LogP contribution in [0.25, 0.3) is 6.08 Å². The van der Waals surface area contributed by atoms with Crippen molar-refractivity contribution in [1.29, 1.82) is 0 Å². The zero-order valence-electron chi connectivity index (χ0n) is 12.9. The molecule has 0 fully saturated rings. The van der Waals surface area contributed by atoms with Crippen molar-refractivity contribution in [3.63, 3.8) is 0 Å². The number of anilines is 1. The molecule has 1 unspecified atom stereocenters. The SMILES string of the molecule is CNc1ccccc1C(C)(C)C(O)/C=C\c1ccccc1. The molecule has 0 amide bonds. The number of nitrogens with one attached hydrogen (secondary N) is 1. The van der Waals surface area contributed by atoms with Crippen molar-refractivity contribution in [3.8, 4) is 0 Å². The topological polar surface area (TPSA) is 32.3 Å². The van der Waals surface area contributed by atoms with Gasteiger partial charge in [0.05, 0.1) is 6.10 Å². The van der Waals surface area contributed by atoms with Crippen LogP contribution in [0.4, 0.5) is 5.69 Å². The van der Waals surface area contributed by atoms with E-state index in [0.29, 0.717) is 0 Å². The second kappa shape index (κ2) is 6.59. The maximum Gasteiger partial charge on any atom is 0.0816 e. The predicted molar refractivity (Wildman–Crippen MR) is 90.5 cm³/mol. The summed E-state index contributed by atoms with van der Waals surface area (Å²) in [6.45, 7) is 4.12. The molecule has 2 rings (SSSR count). The van der Waals surface area contributed by atoms with Gasteiger partial charge in [-0.05, 0) is 17.2 Å². The van der Waals surface area contributed by atoms with E-state index in [2.05, 4.69) is 25.2 Å². The molecule has 0 aliphatic carbocycles. The van der Waals surface area contributed by atoms with Gasteiger partial charge in [0.1, 0.15) is 0 Å². The van der Waals surface area contributed by atoms with Crippen molar-refractivity contribution < 1.29 is 5.11 Å². The number of aliphatic hydroxyl groups is 1. The van der Waals surface area contributed by atoms with Crippen LogP contribution < -0.4 is 5.32 Å². The molecule has 0 aromatic heterocycles. The smallest absolute Gasteiger partial charge is 0.0816 e. The summed E-state index contributed by atoms with van der Waals surface area (Å²) in [6, 6.07) is 18.1. The number of rotatable bonds is 5. The average Bonchev–Trinajstić information content (AvgIpc) is 2.53. The predicted octanol–water partition coefficient (Wildman–Crippen LogP) is 4.08. The van der Waals surface area contributed by atoms with E-state index in [0.717, 1.165) is 16.8 Å². The summed E-state index contributed by atoms with van der Waals surface area (Å²) in [6.07, 6.45) is 3.27. The molecule has 0 heterocycles. The van der Waals surface area contributed by atoms with Gasteiger partial charge >= 0.3 is 0 Å². The number of benzene rings is 2. The van der Waals surface area contributed by atoms with E-state index >= 15 is 0 Å². The zero-order valence-corrected chi connectivity index (χ0v) is 12.9. The Morgan fingerprint density at radius 2 is 1.62 bits per heavy atom. The highest BCUT2D eigenvalue weighted by Crippen LogP contribution is 2.33. The highest BCUT2D eigenvalue weighted by atomic mass is 16.3. The van der Waals surface area contributed by atoms with E-state index in [-0.39, 0.29) is 5.41 Å². The van der Waals surface area contributed by atoms with E-state index < -0.39 is 6.10 Å². The van der Waals surface area contributed by atoms with Crippen LogP contribution >= 0.6 is 0 Å². The molecule has 0 aliphatic heterocycles. The molecular formula is C19H23NO. The molecular weight excluding hydrogens is 258 g/mol. The lowest BCUT2D eigenvalue weighted by molar-refractivity contribution is 0.145. The molecule has 2 aromatic rings. The highest BCUT2D eigenvalue weighted by Gasteiger charge is 2.29. The molecule has 0 saturated carbocycles. The first-order valence-corrected chi connectivity index (χ1v) is 7.24. The van der Waals surface area contributed by atoms with Gasteiger partial charge in [-0.1, -0.05) is 74.5 Å². The number of hydrogen-bond acceptors (Lipinski definition) is 2. The van der Waals surface area contributed by atoms with Crippen LogP contribution in [-0.4, -0.2) is 18.3 Å². The lowest BCUT2D eigenvalue weighted by atomic mass is 9.78. The van der Waals surface area contributed by atoms with E-state index in [1.165, 1.54) is 0 Å². The molecule has 0 saturated heterocycles. The highest BCUT2D eigenvalue weighted by molar-refractivity contribution is 5.56. The molecule has 2 nitrogen and oxygen atoms in total. The first-order chi connectivity index (χ1) is 10.1. The monoisotopic (exact) mass is 281 g/mol. The van der Waals surface area contributed by atoms with Crippen LogP contribution in [0, 0.1) is 0 Å². The fourth-order valence-electron chi connectivity index (χ4n) is 2.43. The Labute approximate surface area is 127 Å². The Hall–Kier alpha value is -2.06.